The fraction of sp³-hybridized carbons (Fsp3) is 0.538. The summed E-state index contributed by atoms with van der Waals surface area (Å²) >= 11 is 0. The molecule has 1 aromatic rings. The topological polar surface area (TPSA) is 102 Å². The SMILES string of the molecule is COC(=O)c1cncc(N2CCC(OCC(=O)O)CC2)n1. The zero-order valence-electron chi connectivity index (χ0n) is 11.7. The minimum Gasteiger partial charge on any atom is -0.480 e. The lowest BCUT2D eigenvalue weighted by atomic mass is 10.1. The molecule has 21 heavy (non-hydrogen) atoms. The van der Waals surface area contributed by atoms with Crippen molar-refractivity contribution in [2.75, 3.05) is 31.7 Å². The summed E-state index contributed by atoms with van der Waals surface area (Å²) in [4.78, 5) is 32.1. The van der Waals surface area contributed by atoms with Gasteiger partial charge in [-0.2, -0.15) is 0 Å². The number of piperidine rings is 1. The minimum absolute atomic E-state index is 0.0610. The van der Waals surface area contributed by atoms with Crippen molar-refractivity contribution in [3.8, 4) is 0 Å². The van der Waals surface area contributed by atoms with E-state index in [0.29, 0.717) is 31.7 Å². The highest BCUT2D eigenvalue weighted by Crippen LogP contribution is 2.19. The Balaban J connectivity index is 1.93. The third-order valence-electron chi connectivity index (χ3n) is 3.22. The first-order valence-electron chi connectivity index (χ1n) is 6.59. The van der Waals surface area contributed by atoms with Crippen LogP contribution in [-0.2, 0) is 14.3 Å². The van der Waals surface area contributed by atoms with Crippen LogP contribution in [0.1, 0.15) is 23.3 Å². The van der Waals surface area contributed by atoms with Gasteiger partial charge in [0.2, 0.25) is 0 Å². The highest BCUT2D eigenvalue weighted by Gasteiger charge is 2.22. The average Bonchev–Trinajstić information content (AvgIpc) is 2.52. The molecule has 1 aliphatic heterocycles. The van der Waals surface area contributed by atoms with Crippen molar-refractivity contribution < 1.29 is 24.2 Å². The number of carbonyl (C=O) groups is 2. The zero-order valence-corrected chi connectivity index (χ0v) is 11.7. The van der Waals surface area contributed by atoms with E-state index in [-0.39, 0.29) is 18.4 Å². The molecule has 0 spiro atoms. The Bertz CT molecular complexity index is 514. The van der Waals surface area contributed by atoms with Gasteiger partial charge in [-0.05, 0) is 12.8 Å². The highest BCUT2D eigenvalue weighted by molar-refractivity contribution is 5.87. The zero-order chi connectivity index (χ0) is 15.2. The van der Waals surface area contributed by atoms with Crippen molar-refractivity contribution >= 4 is 17.8 Å². The molecule has 0 aromatic carbocycles. The number of carboxylic acids is 1. The smallest absolute Gasteiger partial charge is 0.358 e. The molecule has 1 saturated heterocycles. The number of esters is 1. The van der Waals surface area contributed by atoms with E-state index in [9.17, 15) is 9.59 Å². The van der Waals surface area contributed by atoms with Gasteiger partial charge in [-0.1, -0.05) is 0 Å². The number of nitrogens with zero attached hydrogens (tertiary/aromatic N) is 3. The first-order valence-corrected chi connectivity index (χ1v) is 6.59. The van der Waals surface area contributed by atoms with Crippen LogP contribution in [0.15, 0.2) is 12.4 Å². The van der Waals surface area contributed by atoms with Gasteiger partial charge in [-0.15, -0.1) is 0 Å². The summed E-state index contributed by atoms with van der Waals surface area (Å²) in [6.45, 7) is 1.06. The number of carboxylic acid groups (broad SMARTS) is 1. The van der Waals surface area contributed by atoms with E-state index in [1.807, 2.05) is 4.90 Å². The normalized spacial score (nSPS) is 15.8. The second-order valence-electron chi connectivity index (χ2n) is 4.65. The van der Waals surface area contributed by atoms with Gasteiger partial charge in [0.05, 0.1) is 25.6 Å². The molecule has 1 aliphatic rings. The van der Waals surface area contributed by atoms with Crippen molar-refractivity contribution in [3.05, 3.63) is 18.1 Å². The fourth-order valence-corrected chi connectivity index (χ4v) is 2.15. The molecule has 1 N–H and O–H groups in total. The van der Waals surface area contributed by atoms with Crippen LogP contribution in [0.25, 0.3) is 0 Å². The van der Waals surface area contributed by atoms with Crippen LogP contribution < -0.4 is 4.90 Å². The summed E-state index contributed by atoms with van der Waals surface area (Å²) in [7, 11) is 1.29. The largest absolute Gasteiger partial charge is 0.480 e. The number of anilines is 1. The van der Waals surface area contributed by atoms with Crippen LogP contribution in [0.5, 0.6) is 0 Å². The monoisotopic (exact) mass is 295 g/mol. The number of ether oxygens (including phenoxy) is 2. The Morgan fingerprint density at radius 2 is 2.10 bits per heavy atom. The van der Waals surface area contributed by atoms with Gasteiger partial charge in [0.25, 0.3) is 0 Å². The van der Waals surface area contributed by atoms with E-state index in [2.05, 4.69) is 14.7 Å². The maximum atomic E-state index is 11.4. The van der Waals surface area contributed by atoms with E-state index < -0.39 is 11.9 Å². The molecule has 1 aromatic heterocycles. The second kappa shape index (κ2) is 6.98. The maximum Gasteiger partial charge on any atom is 0.358 e. The third-order valence-corrected chi connectivity index (χ3v) is 3.22. The molecule has 0 unspecified atom stereocenters. The fourth-order valence-electron chi connectivity index (χ4n) is 2.15. The standard InChI is InChI=1S/C13H17N3O5/c1-20-13(19)10-6-14-7-11(15-10)16-4-2-9(3-5-16)21-8-12(17)18/h6-7,9H,2-5,8H2,1H3,(H,17,18). The first kappa shape index (κ1) is 15.2. The molecule has 2 rings (SSSR count). The van der Waals surface area contributed by atoms with Gasteiger partial charge in [0, 0.05) is 13.1 Å². The molecule has 0 bridgehead atoms. The molecular weight excluding hydrogens is 278 g/mol. The Kier molecular flexibility index (Phi) is 5.04. The second-order valence-corrected chi connectivity index (χ2v) is 4.65. The van der Waals surface area contributed by atoms with Gasteiger partial charge in [-0.3, -0.25) is 4.98 Å². The summed E-state index contributed by atoms with van der Waals surface area (Å²) in [5.41, 5.74) is 0.166. The van der Waals surface area contributed by atoms with E-state index in [0.717, 1.165) is 0 Å². The van der Waals surface area contributed by atoms with Crippen LogP contribution in [0.4, 0.5) is 5.82 Å². The lowest BCUT2D eigenvalue weighted by molar-refractivity contribution is -0.144. The van der Waals surface area contributed by atoms with Crippen molar-refractivity contribution in [2.24, 2.45) is 0 Å². The summed E-state index contributed by atoms with van der Waals surface area (Å²) < 4.78 is 9.89. The van der Waals surface area contributed by atoms with Gasteiger partial charge in [0.15, 0.2) is 5.69 Å². The predicted molar refractivity (Wildman–Crippen MR) is 72.2 cm³/mol. The predicted octanol–water partition coefficient (Wildman–Crippen LogP) is 0.333. The van der Waals surface area contributed by atoms with Crippen molar-refractivity contribution in [2.45, 2.75) is 18.9 Å². The number of methoxy groups -OCH3 is 1. The van der Waals surface area contributed by atoms with Crippen molar-refractivity contribution in [1.82, 2.24) is 9.97 Å². The number of aromatic nitrogens is 2. The minimum atomic E-state index is -0.964. The van der Waals surface area contributed by atoms with Crippen molar-refractivity contribution in [1.29, 1.82) is 0 Å². The Morgan fingerprint density at radius 3 is 2.71 bits per heavy atom. The van der Waals surface area contributed by atoms with Gasteiger partial charge < -0.3 is 19.5 Å². The number of hydrogen-bond donors (Lipinski definition) is 1. The molecule has 114 valence electrons. The summed E-state index contributed by atoms with van der Waals surface area (Å²) in [5, 5.41) is 8.58. The number of rotatable bonds is 5. The van der Waals surface area contributed by atoms with Crippen LogP contribution in [0.3, 0.4) is 0 Å². The van der Waals surface area contributed by atoms with Crippen LogP contribution >= 0.6 is 0 Å². The van der Waals surface area contributed by atoms with Crippen molar-refractivity contribution in [3.63, 3.8) is 0 Å². The van der Waals surface area contributed by atoms with Crippen LogP contribution in [0, 0.1) is 0 Å². The van der Waals surface area contributed by atoms with E-state index in [1.54, 1.807) is 6.20 Å². The molecule has 1 fully saturated rings. The molecule has 0 radical (unpaired) electrons. The molecular formula is C13H17N3O5. The Labute approximate surface area is 121 Å². The Morgan fingerprint density at radius 1 is 1.38 bits per heavy atom. The van der Waals surface area contributed by atoms with Gasteiger partial charge >= 0.3 is 11.9 Å². The number of carbonyl (C=O) groups excluding carboxylic acids is 1. The van der Waals surface area contributed by atoms with E-state index >= 15 is 0 Å². The average molecular weight is 295 g/mol. The molecule has 8 nitrogen and oxygen atoms in total. The molecule has 0 aliphatic carbocycles. The molecule has 0 saturated carbocycles. The van der Waals surface area contributed by atoms with Gasteiger partial charge in [0.1, 0.15) is 12.4 Å². The van der Waals surface area contributed by atoms with Crippen LogP contribution in [0.2, 0.25) is 0 Å². The number of aliphatic carboxylic acids is 1. The summed E-state index contributed by atoms with van der Waals surface area (Å²) in [6.07, 6.45) is 4.30. The molecule has 2 heterocycles. The highest BCUT2D eigenvalue weighted by atomic mass is 16.5. The molecule has 0 atom stereocenters. The first-order chi connectivity index (χ1) is 10.1. The number of hydrogen-bond acceptors (Lipinski definition) is 7. The molecule has 8 heteroatoms. The molecule has 0 amide bonds. The summed E-state index contributed by atoms with van der Waals surface area (Å²) in [6, 6.07) is 0. The quantitative estimate of drug-likeness (QED) is 0.775. The lowest BCUT2D eigenvalue weighted by Gasteiger charge is -2.32. The van der Waals surface area contributed by atoms with E-state index in [1.165, 1.54) is 13.3 Å². The third kappa shape index (κ3) is 4.12. The lowest BCUT2D eigenvalue weighted by Crippen LogP contribution is -2.38. The Hall–Kier alpha value is -2.22. The summed E-state index contributed by atoms with van der Waals surface area (Å²) in [5.74, 6) is -0.882. The maximum absolute atomic E-state index is 11.4. The van der Waals surface area contributed by atoms with Crippen LogP contribution in [-0.4, -0.2) is 59.9 Å². The van der Waals surface area contributed by atoms with E-state index in [4.69, 9.17) is 9.84 Å². The van der Waals surface area contributed by atoms with Gasteiger partial charge in [-0.25, -0.2) is 14.6 Å².